The van der Waals surface area contributed by atoms with Crippen LogP contribution in [0, 0.1) is 5.82 Å². The van der Waals surface area contributed by atoms with Gasteiger partial charge in [0.05, 0.1) is 19.0 Å². The fraction of sp³-hybridized carbons (Fsp3) is 0.217. The molecule has 0 saturated carbocycles. The Kier molecular flexibility index (Phi) is 5.79. The van der Waals surface area contributed by atoms with Crippen molar-refractivity contribution in [3.63, 3.8) is 0 Å². The molecule has 2 aromatic carbocycles. The van der Waals surface area contributed by atoms with Gasteiger partial charge in [0.2, 0.25) is 5.88 Å². The average molecular weight is 408 g/mol. The predicted molar refractivity (Wildman–Crippen MR) is 110 cm³/mol. The van der Waals surface area contributed by atoms with Crippen LogP contribution in [-0.2, 0) is 4.74 Å². The van der Waals surface area contributed by atoms with Crippen LogP contribution in [0.4, 0.5) is 10.1 Å². The van der Waals surface area contributed by atoms with Gasteiger partial charge in [-0.15, -0.1) is 0 Å². The Balaban J connectivity index is 1.52. The van der Waals surface area contributed by atoms with E-state index in [0.717, 1.165) is 31.6 Å². The van der Waals surface area contributed by atoms with Gasteiger partial charge in [-0.1, -0.05) is 6.07 Å². The zero-order valence-electron chi connectivity index (χ0n) is 16.5. The number of ether oxygens (including phenoxy) is 3. The number of esters is 1. The van der Waals surface area contributed by atoms with E-state index in [4.69, 9.17) is 14.2 Å². The largest absolute Gasteiger partial charge is 0.465 e. The molecule has 2 heterocycles. The highest BCUT2D eigenvalue weighted by molar-refractivity contribution is 5.93. The molecular weight excluding hydrogens is 387 g/mol. The van der Waals surface area contributed by atoms with Crippen molar-refractivity contribution in [3.05, 3.63) is 72.2 Å². The molecule has 0 spiro atoms. The molecule has 0 bridgehead atoms. The highest BCUT2D eigenvalue weighted by Crippen LogP contribution is 2.30. The van der Waals surface area contributed by atoms with Crippen molar-refractivity contribution in [3.8, 4) is 23.1 Å². The van der Waals surface area contributed by atoms with Gasteiger partial charge in [-0.25, -0.2) is 14.2 Å². The number of benzene rings is 2. The third-order valence-corrected chi connectivity index (χ3v) is 4.78. The molecule has 1 saturated heterocycles. The molecule has 1 fully saturated rings. The Hall–Kier alpha value is -3.61. The Labute approximate surface area is 173 Å². The molecule has 3 aromatic rings. The van der Waals surface area contributed by atoms with Gasteiger partial charge in [0.15, 0.2) is 0 Å². The van der Waals surface area contributed by atoms with Gasteiger partial charge in [0, 0.05) is 19.2 Å². The van der Waals surface area contributed by atoms with Crippen molar-refractivity contribution >= 4 is 11.7 Å². The summed E-state index contributed by atoms with van der Waals surface area (Å²) in [4.78, 5) is 18.8. The van der Waals surface area contributed by atoms with Crippen molar-refractivity contribution in [2.45, 2.75) is 12.8 Å². The second-order valence-corrected chi connectivity index (χ2v) is 6.86. The molecule has 1 aromatic heterocycles. The summed E-state index contributed by atoms with van der Waals surface area (Å²) < 4.78 is 29.6. The van der Waals surface area contributed by atoms with E-state index in [-0.39, 0.29) is 17.3 Å². The number of pyridine rings is 1. The van der Waals surface area contributed by atoms with E-state index in [0.29, 0.717) is 17.2 Å². The number of rotatable bonds is 6. The molecule has 154 valence electrons. The third kappa shape index (κ3) is 4.51. The summed E-state index contributed by atoms with van der Waals surface area (Å²) in [7, 11) is 1.33. The van der Waals surface area contributed by atoms with Crippen LogP contribution < -0.4 is 14.4 Å². The maximum atomic E-state index is 13.3. The summed E-state index contributed by atoms with van der Waals surface area (Å²) >= 11 is 0. The average Bonchev–Trinajstić information content (AvgIpc) is 3.30. The zero-order chi connectivity index (χ0) is 20.9. The zero-order valence-corrected chi connectivity index (χ0v) is 16.5. The first kappa shape index (κ1) is 19.7. The molecular formula is C23H21FN2O4. The van der Waals surface area contributed by atoms with E-state index in [1.165, 1.54) is 19.2 Å². The number of anilines is 1. The molecule has 0 N–H and O–H groups in total. The highest BCUT2D eigenvalue weighted by Gasteiger charge is 2.20. The quantitative estimate of drug-likeness (QED) is 0.523. The lowest BCUT2D eigenvalue weighted by Crippen LogP contribution is -2.18. The summed E-state index contributed by atoms with van der Waals surface area (Å²) in [6, 6.07) is 14.4. The number of halogens is 1. The predicted octanol–water partition coefficient (Wildman–Crippen LogP) is 5.19. The van der Waals surface area contributed by atoms with Gasteiger partial charge >= 0.3 is 5.97 Å². The van der Waals surface area contributed by atoms with E-state index in [2.05, 4.69) is 9.88 Å². The van der Waals surface area contributed by atoms with Crippen LogP contribution in [0.3, 0.4) is 0 Å². The summed E-state index contributed by atoms with van der Waals surface area (Å²) in [5.41, 5.74) is 1.14. The van der Waals surface area contributed by atoms with Crippen LogP contribution in [0.1, 0.15) is 23.2 Å². The highest BCUT2D eigenvalue weighted by atomic mass is 19.1. The lowest BCUT2D eigenvalue weighted by atomic mass is 10.2. The molecule has 0 amide bonds. The smallest absolute Gasteiger partial charge is 0.343 e. The SMILES string of the molecule is COC(=O)c1cc(N2CCCC2)cnc1Oc1ccc(Oc2cccc(F)c2)cc1. The first-order valence-electron chi connectivity index (χ1n) is 9.67. The molecule has 1 aliphatic heterocycles. The first-order valence-corrected chi connectivity index (χ1v) is 9.67. The van der Waals surface area contributed by atoms with Crippen LogP contribution in [0.2, 0.25) is 0 Å². The second kappa shape index (κ2) is 8.82. The van der Waals surface area contributed by atoms with Crippen LogP contribution in [0.25, 0.3) is 0 Å². The summed E-state index contributed by atoms with van der Waals surface area (Å²) in [5, 5.41) is 0. The van der Waals surface area contributed by atoms with E-state index >= 15 is 0 Å². The Morgan fingerprint density at radius 2 is 1.67 bits per heavy atom. The minimum atomic E-state index is -0.510. The maximum Gasteiger partial charge on any atom is 0.343 e. The van der Waals surface area contributed by atoms with Gasteiger partial charge in [0.1, 0.15) is 28.6 Å². The fourth-order valence-corrected chi connectivity index (χ4v) is 3.28. The molecule has 1 aliphatic rings. The molecule has 7 heteroatoms. The number of carbonyl (C=O) groups excluding carboxylic acids is 1. The fourth-order valence-electron chi connectivity index (χ4n) is 3.28. The lowest BCUT2D eigenvalue weighted by Gasteiger charge is -2.18. The molecule has 0 aliphatic carbocycles. The lowest BCUT2D eigenvalue weighted by molar-refractivity contribution is 0.0597. The van der Waals surface area contributed by atoms with Crippen molar-refractivity contribution in [2.75, 3.05) is 25.1 Å². The van der Waals surface area contributed by atoms with Crippen LogP contribution >= 0.6 is 0 Å². The Bertz CT molecular complexity index is 1030. The standard InChI is InChI=1S/C23H21FN2O4/c1-28-23(27)21-14-17(26-11-2-3-12-26)15-25-22(21)30-19-9-7-18(8-10-19)29-20-6-4-5-16(24)13-20/h4-10,13-15H,2-3,11-12H2,1H3. The molecule has 0 unspecified atom stereocenters. The van der Waals surface area contributed by atoms with Crippen molar-refractivity contribution in [1.29, 1.82) is 0 Å². The maximum absolute atomic E-state index is 13.3. The van der Waals surface area contributed by atoms with E-state index in [9.17, 15) is 9.18 Å². The van der Waals surface area contributed by atoms with Gasteiger partial charge in [-0.2, -0.15) is 0 Å². The summed E-state index contributed by atoms with van der Waals surface area (Å²) in [5.74, 6) is 0.696. The number of aromatic nitrogens is 1. The first-order chi connectivity index (χ1) is 14.6. The number of carbonyl (C=O) groups is 1. The number of nitrogens with zero attached hydrogens (tertiary/aromatic N) is 2. The second-order valence-electron chi connectivity index (χ2n) is 6.86. The van der Waals surface area contributed by atoms with Gasteiger partial charge in [-0.3, -0.25) is 0 Å². The molecule has 30 heavy (non-hydrogen) atoms. The molecule has 6 nitrogen and oxygen atoms in total. The topological polar surface area (TPSA) is 60.9 Å². The molecule has 4 rings (SSSR count). The van der Waals surface area contributed by atoms with E-state index < -0.39 is 5.97 Å². The van der Waals surface area contributed by atoms with Crippen LogP contribution in [0.15, 0.2) is 60.8 Å². The molecule has 0 radical (unpaired) electrons. The third-order valence-electron chi connectivity index (χ3n) is 4.78. The Morgan fingerprint density at radius 3 is 2.33 bits per heavy atom. The van der Waals surface area contributed by atoms with Gasteiger partial charge < -0.3 is 19.1 Å². The Morgan fingerprint density at radius 1 is 0.967 bits per heavy atom. The number of hydrogen-bond acceptors (Lipinski definition) is 6. The minimum Gasteiger partial charge on any atom is -0.465 e. The van der Waals surface area contributed by atoms with E-state index in [1.807, 2.05) is 0 Å². The van der Waals surface area contributed by atoms with Crippen LogP contribution in [-0.4, -0.2) is 31.2 Å². The van der Waals surface area contributed by atoms with Gasteiger partial charge in [0.25, 0.3) is 0 Å². The monoisotopic (exact) mass is 408 g/mol. The molecule has 0 atom stereocenters. The van der Waals surface area contributed by atoms with E-state index in [1.54, 1.807) is 48.7 Å². The van der Waals surface area contributed by atoms with Crippen molar-refractivity contribution in [2.24, 2.45) is 0 Å². The van der Waals surface area contributed by atoms with Crippen molar-refractivity contribution < 1.29 is 23.4 Å². The summed E-state index contributed by atoms with van der Waals surface area (Å²) in [6.07, 6.45) is 3.94. The number of methoxy groups -OCH3 is 1. The number of hydrogen-bond donors (Lipinski definition) is 0. The normalized spacial score (nSPS) is 13.2. The van der Waals surface area contributed by atoms with Gasteiger partial charge in [-0.05, 0) is 55.3 Å². The van der Waals surface area contributed by atoms with Crippen LogP contribution in [0.5, 0.6) is 23.1 Å². The summed E-state index contributed by atoms with van der Waals surface area (Å²) in [6.45, 7) is 1.88. The van der Waals surface area contributed by atoms with Crippen molar-refractivity contribution in [1.82, 2.24) is 4.98 Å². The minimum absolute atomic E-state index is 0.170.